The maximum absolute atomic E-state index is 13.4. The van der Waals surface area contributed by atoms with E-state index in [1.165, 1.54) is 4.90 Å². The van der Waals surface area contributed by atoms with Crippen molar-refractivity contribution in [1.29, 1.82) is 0 Å². The van der Waals surface area contributed by atoms with Crippen LogP contribution in [0.3, 0.4) is 0 Å². The Morgan fingerprint density at radius 1 is 1.13 bits per heavy atom. The van der Waals surface area contributed by atoms with E-state index in [1.54, 1.807) is 25.1 Å². The molecule has 1 aromatic heterocycles. The van der Waals surface area contributed by atoms with Gasteiger partial charge in [0.25, 0.3) is 11.8 Å². The summed E-state index contributed by atoms with van der Waals surface area (Å²) in [6.45, 7) is 3.85. The van der Waals surface area contributed by atoms with Crippen LogP contribution >= 0.6 is 11.5 Å². The predicted octanol–water partition coefficient (Wildman–Crippen LogP) is 2.48. The number of carbonyl (C=O) groups excluding carboxylic acids is 3. The largest absolute Gasteiger partial charge is 0.395 e. The fourth-order valence-corrected chi connectivity index (χ4v) is 3.83. The molecule has 0 aliphatic rings. The first-order valence-electron chi connectivity index (χ1n) is 9.56. The summed E-state index contributed by atoms with van der Waals surface area (Å²) in [6.07, 6.45) is 0. The van der Waals surface area contributed by atoms with Crippen molar-refractivity contribution < 1.29 is 14.4 Å². The second-order valence-corrected chi connectivity index (χ2v) is 7.81. The molecule has 0 bridgehead atoms. The van der Waals surface area contributed by atoms with Crippen molar-refractivity contribution in [2.45, 2.75) is 26.4 Å². The molecule has 3 aromatic rings. The summed E-state index contributed by atoms with van der Waals surface area (Å²) < 4.78 is 3.90. The number of carbonyl (C=O) groups is 3. The van der Waals surface area contributed by atoms with Gasteiger partial charge in [-0.15, -0.1) is 0 Å². The molecule has 0 saturated carbocycles. The van der Waals surface area contributed by atoms with E-state index >= 15 is 0 Å². The zero-order valence-electron chi connectivity index (χ0n) is 17.2. The average molecular weight is 438 g/mol. The van der Waals surface area contributed by atoms with Crippen LogP contribution in [0.25, 0.3) is 0 Å². The van der Waals surface area contributed by atoms with Crippen molar-refractivity contribution in [3.63, 3.8) is 0 Å². The Kier molecular flexibility index (Phi) is 6.66. The molecule has 0 spiro atoms. The standard InChI is InChI=1S/C22H23N5O3S/c1-13-7-6-10-16(11-13)27(22(30)19-17(23)18(20(24)28)26-31-19)14(2)21(29)25-12-15-8-4-3-5-9-15/h3-11,14H,12,23H2,1-2H3,(H2,24,28)(H,25,29). The van der Waals surface area contributed by atoms with Crippen molar-refractivity contribution in [2.24, 2.45) is 5.73 Å². The quantitative estimate of drug-likeness (QED) is 0.522. The molecule has 160 valence electrons. The van der Waals surface area contributed by atoms with Gasteiger partial charge < -0.3 is 16.8 Å². The molecule has 0 aliphatic heterocycles. The van der Waals surface area contributed by atoms with Crippen molar-refractivity contribution in [1.82, 2.24) is 9.69 Å². The van der Waals surface area contributed by atoms with Crippen molar-refractivity contribution in [2.75, 3.05) is 10.6 Å². The van der Waals surface area contributed by atoms with Gasteiger partial charge in [0, 0.05) is 12.2 Å². The minimum Gasteiger partial charge on any atom is -0.395 e. The molecule has 3 rings (SSSR count). The number of nitrogens with two attached hydrogens (primary N) is 2. The summed E-state index contributed by atoms with van der Waals surface area (Å²) in [5.74, 6) is -1.68. The zero-order valence-corrected chi connectivity index (χ0v) is 18.0. The van der Waals surface area contributed by atoms with Crippen LogP contribution in [-0.4, -0.2) is 28.1 Å². The molecular weight excluding hydrogens is 414 g/mol. The van der Waals surface area contributed by atoms with E-state index in [0.29, 0.717) is 12.2 Å². The van der Waals surface area contributed by atoms with Gasteiger partial charge in [-0.05, 0) is 48.6 Å². The van der Waals surface area contributed by atoms with Gasteiger partial charge in [-0.2, -0.15) is 4.37 Å². The molecule has 0 aliphatic carbocycles. The van der Waals surface area contributed by atoms with E-state index in [4.69, 9.17) is 11.5 Å². The summed E-state index contributed by atoms with van der Waals surface area (Å²) in [5, 5.41) is 2.86. The molecule has 0 radical (unpaired) electrons. The molecule has 0 fully saturated rings. The molecule has 31 heavy (non-hydrogen) atoms. The van der Waals surface area contributed by atoms with Crippen LogP contribution in [0.1, 0.15) is 38.2 Å². The minimum absolute atomic E-state index is 0.0537. The monoisotopic (exact) mass is 437 g/mol. The first-order valence-corrected chi connectivity index (χ1v) is 10.3. The Hall–Kier alpha value is -3.72. The average Bonchev–Trinajstić information content (AvgIpc) is 3.14. The summed E-state index contributed by atoms with van der Waals surface area (Å²) in [7, 11) is 0. The number of nitrogens with one attached hydrogen (secondary N) is 1. The zero-order chi connectivity index (χ0) is 22.5. The fraction of sp³-hybridized carbons (Fsp3) is 0.182. The summed E-state index contributed by atoms with van der Waals surface area (Å²) in [4.78, 5) is 39.2. The van der Waals surface area contributed by atoms with Crippen LogP contribution in [0, 0.1) is 6.92 Å². The summed E-state index contributed by atoms with van der Waals surface area (Å²) in [5.41, 5.74) is 13.4. The van der Waals surface area contributed by atoms with Crippen LogP contribution < -0.4 is 21.7 Å². The molecule has 2 aromatic carbocycles. The molecule has 1 unspecified atom stereocenters. The third kappa shape index (κ3) is 4.89. The van der Waals surface area contributed by atoms with Crippen molar-refractivity contribution >= 4 is 40.6 Å². The van der Waals surface area contributed by atoms with Crippen LogP contribution in [0.4, 0.5) is 11.4 Å². The lowest BCUT2D eigenvalue weighted by Crippen LogP contribution is -2.48. The Balaban J connectivity index is 1.92. The van der Waals surface area contributed by atoms with Gasteiger partial charge in [0.2, 0.25) is 5.91 Å². The first kappa shape index (κ1) is 22.0. The number of rotatable bonds is 7. The third-order valence-corrected chi connectivity index (χ3v) is 5.58. The predicted molar refractivity (Wildman–Crippen MR) is 121 cm³/mol. The van der Waals surface area contributed by atoms with Gasteiger partial charge in [0.15, 0.2) is 5.69 Å². The number of hydrogen-bond acceptors (Lipinski definition) is 6. The van der Waals surface area contributed by atoms with E-state index in [9.17, 15) is 14.4 Å². The molecule has 1 atom stereocenters. The van der Waals surface area contributed by atoms with Gasteiger partial charge in [0.05, 0.1) is 5.69 Å². The Morgan fingerprint density at radius 3 is 2.45 bits per heavy atom. The number of amides is 3. The highest BCUT2D eigenvalue weighted by Gasteiger charge is 2.32. The number of hydrogen-bond donors (Lipinski definition) is 3. The Bertz CT molecular complexity index is 1110. The number of benzene rings is 2. The number of primary amides is 1. The van der Waals surface area contributed by atoms with E-state index in [2.05, 4.69) is 9.69 Å². The number of anilines is 2. The first-order chi connectivity index (χ1) is 14.8. The maximum Gasteiger partial charge on any atom is 0.272 e. The summed E-state index contributed by atoms with van der Waals surface area (Å²) in [6, 6.07) is 15.8. The normalized spacial score (nSPS) is 11.5. The number of aryl methyl sites for hydroxylation is 1. The summed E-state index contributed by atoms with van der Waals surface area (Å²) >= 11 is 0.780. The van der Waals surface area contributed by atoms with Crippen LogP contribution in [-0.2, 0) is 11.3 Å². The van der Waals surface area contributed by atoms with Gasteiger partial charge in [-0.3, -0.25) is 19.3 Å². The van der Waals surface area contributed by atoms with Gasteiger partial charge in [0.1, 0.15) is 10.9 Å². The second-order valence-electron chi connectivity index (χ2n) is 7.03. The molecular formula is C22H23N5O3S. The molecule has 0 saturated heterocycles. The number of nitrogen functional groups attached to an aromatic ring is 1. The fourth-order valence-electron chi connectivity index (χ4n) is 3.08. The molecule has 3 amide bonds. The van der Waals surface area contributed by atoms with Crippen LogP contribution in [0.15, 0.2) is 54.6 Å². The Morgan fingerprint density at radius 2 is 1.84 bits per heavy atom. The smallest absolute Gasteiger partial charge is 0.272 e. The topological polar surface area (TPSA) is 131 Å². The lowest BCUT2D eigenvalue weighted by Gasteiger charge is -2.28. The maximum atomic E-state index is 13.4. The highest BCUT2D eigenvalue weighted by molar-refractivity contribution is 7.09. The molecule has 1 heterocycles. The molecule has 5 N–H and O–H groups in total. The van der Waals surface area contributed by atoms with Crippen molar-refractivity contribution in [3.05, 3.63) is 76.3 Å². The van der Waals surface area contributed by atoms with E-state index < -0.39 is 17.9 Å². The Labute approximate surface area is 184 Å². The van der Waals surface area contributed by atoms with Gasteiger partial charge in [-0.1, -0.05) is 42.5 Å². The van der Waals surface area contributed by atoms with Crippen molar-refractivity contribution in [3.8, 4) is 0 Å². The molecule has 9 heteroatoms. The van der Waals surface area contributed by atoms with E-state index in [1.807, 2.05) is 43.3 Å². The lowest BCUT2D eigenvalue weighted by molar-refractivity contribution is -0.122. The minimum atomic E-state index is -0.850. The van der Waals surface area contributed by atoms with Gasteiger partial charge >= 0.3 is 0 Å². The van der Waals surface area contributed by atoms with E-state index in [-0.39, 0.29) is 22.2 Å². The highest BCUT2D eigenvalue weighted by Crippen LogP contribution is 2.28. The van der Waals surface area contributed by atoms with Gasteiger partial charge in [-0.25, -0.2) is 0 Å². The molecule has 8 nitrogen and oxygen atoms in total. The third-order valence-electron chi connectivity index (χ3n) is 4.73. The SMILES string of the molecule is Cc1cccc(N(C(=O)c2snc(C(N)=O)c2N)C(C)C(=O)NCc2ccccc2)c1. The highest BCUT2D eigenvalue weighted by atomic mass is 32.1. The van der Waals surface area contributed by atoms with E-state index in [0.717, 1.165) is 22.7 Å². The number of aromatic nitrogens is 1. The second kappa shape index (κ2) is 9.40. The van der Waals surface area contributed by atoms with Crippen LogP contribution in [0.5, 0.6) is 0 Å². The van der Waals surface area contributed by atoms with Crippen LogP contribution in [0.2, 0.25) is 0 Å². The lowest BCUT2D eigenvalue weighted by atomic mass is 10.1. The number of nitrogens with zero attached hydrogens (tertiary/aromatic N) is 2.